The Hall–Kier alpha value is -1.75. The van der Waals surface area contributed by atoms with Crippen molar-refractivity contribution in [3.63, 3.8) is 0 Å². The van der Waals surface area contributed by atoms with Gasteiger partial charge in [0.05, 0.1) is 46.2 Å². The first-order chi connectivity index (χ1) is 13.0. The molecule has 1 N–H and O–H groups in total. The van der Waals surface area contributed by atoms with E-state index < -0.39 is 10.4 Å². The summed E-state index contributed by atoms with van der Waals surface area (Å²) < 4.78 is 54.4. The normalized spacial score (nSPS) is 11.7. The van der Waals surface area contributed by atoms with Crippen LogP contribution in [0.4, 0.5) is 0 Å². The van der Waals surface area contributed by atoms with Crippen LogP contribution in [0.5, 0.6) is 5.75 Å². The Morgan fingerprint density at radius 3 is 1.89 bits per heavy atom. The van der Waals surface area contributed by atoms with Crippen molar-refractivity contribution >= 4 is 21.2 Å². The van der Waals surface area contributed by atoms with E-state index >= 15 is 0 Å². The van der Waals surface area contributed by atoms with Crippen molar-refractivity contribution in [1.82, 2.24) is 0 Å². The van der Waals surface area contributed by atoms with Crippen LogP contribution >= 0.6 is 0 Å². The number of fused-ring (bicyclic) bond motifs is 1. The van der Waals surface area contributed by atoms with Gasteiger partial charge < -0.3 is 18.9 Å². The van der Waals surface area contributed by atoms with Gasteiger partial charge in [0, 0.05) is 0 Å². The molecule has 2 aromatic carbocycles. The molecule has 0 unspecified atom stereocenters. The first kappa shape index (κ1) is 21.5. The number of rotatable bonds is 14. The highest BCUT2D eigenvalue weighted by Gasteiger charge is 2.02. The maximum atomic E-state index is 10.3. The molecule has 0 saturated carbocycles. The Kier molecular flexibility index (Phi) is 9.46. The Balaban J connectivity index is 1.41. The first-order valence-electron chi connectivity index (χ1n) is 8.51. The third-order valence-corrected chi connectivity index (χ3v) is 3.89. The maximum Gasteiger partial charge on any atom is 0.397 e. The Labute approximate surface area is 158 Å². The lowest BCUT2D eigenvalue weighted by Gasteiger charge is -2.09. The van der Waals surface area contributed by atoms with Crippen molar-refractivity contribution in [2.75, 3.05) is 52.9 Å². The van der Waals surface area contributed by atoms with E-state index in [9.17, 15) is 8.42 Å². The molecule has 0 heterocycles. The van der Waals surface area contributed by atoms with E-state index in [2.05, 4.69) is 10.2 Å². The molecule has 0 aliphatic rings. The Bertz CT molecular complexity index is 778. The molecule has 9 heteroatoms. The minimum atomic E-state index is -4.40. The number of hydrogen-bond donors (Lipinski definition) is 1. The fraction of sp³-hybridized carbons (Fsp3) is 0.444. The van der Waals surface area contributed by atoms with Gasteiger partial charge in [-0.3, -0.25) is 4.55 Å². The zero-order valence-electron chi connectivity index (χ0n) is 14.9. The molecule has 0 aliphatic heterocycles. The van der Waals surface area contributed by atoms with E-state index in [0.717, 1.165) is 11.1 Å². The highest BCUT2D eigenvalue weighted by molar-refractivity contribution is 7.80. The van der Waals surface area contributed by atoms with E-state index in [4.69, 9.17) is 23.5 Å². The number of benzene rings is 2. The largest absolute Gasteiger partial charge is 0.491 e. The lowest BCUT2D eigenvalue weighted by Crippen LogP contribution is -2.14. The molecule has 2 aromatic rings. The molecule has 0 radical (unpaired) electrons. The maximum absolute atomic E-state index is 10.3. The molecule has 0 aliphatic carbocycles. The molecule has 2 rings (SSSR count). The molecule has 0 atom stereocenters. The van der Waals surface area contributed by atoms with Gasteiger partial charge in [0.1, 0.15) is 12.4 Å². The van der Waals surface area contributed by atoms with Crippen molar-refractivity contribution in [2.45, 2.75) is 0 Å². The average molecular weight is 400 g/mol. The zero-order valence-corrected chi connectivity index (χ0v) is 15.7. The van der Waals surface area contributed by atoms with E-state index in [1.54, 1.807) is 0 Å². The van der Waals surface area contributed by atoms with Crippen LogP contribution < -0.4 is 4.74 Å². The summed E-state index contributed by atoms with van der Waals surface area (Å²) in [5.74, 6) is 0.809. The topological polar surface area (TPSA) is 101 Å². The Morgan fingerprint density at radius 1 is 0.704 bits per heavy atom. The van der Waals surface area contributed by atoms with E-state index in [1.807, 2.05) is 36.4 Å². The van der Waals surface area contributed by atoms with Gasteiger partial charge in [-0.2, -0.15) is 8.42 Å². The lowest BCUT2D eigenvalue weighted by atomic mass is 10.1. The van der Waals surface area contributed by atoms with Gasteiger partial charge in [-0.25, -0.2) is 4.18 Å². The lowest BCUT2D eigenvalue weighted by molar-refractivity contribution is 0.00480. The van der Waals surface area contributed by atoms with Crippen LogP contribution in [0.1, 0.15) is 0 Å². The molecule has 0 bridgehead atoms. The van der Waals surface area contributed by atoms with Crippen LogP contribution in [-0.2, 0) is 28.8 Å². The van der Waals surface area contributed by atoms with Crippen molar-refractivity contribution < 1.29 is 36.1 Å². The molecule has 0 fully saturated rings. The summed E-state index contributed by atoms with van der Waals surface area (Å²) in [5.41, 5.74) is 0. The number of ether oxygens (including phenoxy) is 4. The predicted octanol–water partition coefficient (Wildman–Crippen LogP) is 2.09. The standard InChI is InChI=1S/C18H24O8S/c19-27(20,21)26-14-12-24-10-8-22-7-9-23-11-13-25-18-6-5-16-3-1-2-4-17(16)15-18/h1-6,15H,7-14H2,(H,19,20,21). The molecular formula is C18H24O8S. The third kappa shape index (κ3) is 9.66. The van der Waals surface area contributed by atoms with Gasteiger partial charge in [-0.05, 0) is 22.9 Å². The van der Waals surface area contributed by atoms with Crippen LogP contribution in [0.15, 0.2) is 42.5 Å². The summed E-state index contributed by atoms with van der Waals surface area (Å²) >= 11 is 0. The molecule has 0 amide bonds. The highest BCUT2D eigenvalue weighted by Crippen LogP contribution is 2.20. The van der Waals surface area contributed by atoms with E-state index in [1.165, 1.54) is 5.39 Å². The summed E-state index contributed by atoms with van der Waals surface area (Å²) in [5, 5.41) is 2.31. The van der Waals surface area contributed by atoms with Crippen molar-refractivity contribution in [2.24, 2.45) is 0 Å². The smallest absolute Gasteiger partial charge is 0.397 e. The van der Waals surface area contributed by atoms with Gasteiger partial charge >= 0.3 is 10.4 Å². The summed E-state index contributed by atoms with van der Waals surface area (Å²) in [6.07, 6.45) is 0. The van der Waals surface area contributed by atoms with Crippen molar-refractivity contribution in [3.05, 3.63) is 42.5 Å². The second-order valence-corrected chi connectivity index (χ2v) is 6.54. The minimum absolute atomic E-state index is 0.0474. The van der Waals surface area contributed by atoms with Crippen LogP contribution in [0, 0.1) is 0 Å². The molecular weight excluding hydrogens is 376 g/mol. The molecule has 150 valence electrons. The van der Waals surface area contributed by atoms with Crippen LogP contribution in [0.25, 0.3) is 10.8 Å². The van der Waals surface area contributed by atoms with Crippen LogP contribution in [0.3, 0.4) is 0 Å². The first-order valence-corrected chi connectivity index (χ1v) is 9.88. The summed E-state index contributed by atoms with van der Waals surface area (Å²) in [7, 11) is -4.40. The average Bonchev–Trinajstić information content (AvgIpc) is 2.64. The van der Waals surface area contributed by atoms with E-state index in [-0.39, 0.29) is 13.2 Å². The van der Waals surface area contributed by atoms with Crippen molar-refractivity contribution in [1.29, 1.82) is 0 Å². The van der Waals surface area contributed by atoms with Crippen molar-refractivity contribution in [3.8, 4) is 5.75 Å². The second kappa shape index (κ2) is 11.9. The molecule has 0 aromatic heterocycles. The molecule has 8 nitrogen and oxygen atoms in total. The van der Waals surface area contributed by atoms with Gasteiger partial charge in [0.2, 0.25) is 0 Å². The SMILES string of the molecule is O=S(=O)(O)OCCOCCOCCOCCOc1ccc2ccccc2c1. The minimum Gasteiger partial charge on any atom is -0.491 e. The molecule has 0 saturated heterocycles. The third-order valence-electron chi connectivity index (χ3n) is 3.42. The van der Waals surface area contributed by atoms with Gasteiger partial charge in [-0.1, -0.05) is 30.3 Å². The predicted molar refractivity (Wildman–Crippen MR) is 99.4 cm³/mol. The monoisotopic (exact) mass is 400 g/mol. The van der Waals surface area contributed by atoms with E-state index in [0.29, 0.717) is 39.6 Å². The fourth-order valence-corrected chi connectivity index (χ4v) is 2.49. The second-order valence-electron chi connectivity index (χ2n) is 5.44. The van der Waals surface area contributed by atoms with Gasteiger partial charge in [0.15, 0.2) is 0 Å². The zero-order chi connectivity index (χ0) is 19.4. The quantitative estimate of drug-likeness (QED) is 0.380. The van der Waals surface area contributed by atoms with Gasteiger partial charge in [0.25, 0.3) is 0 Å². The summed E-state index contributed by atoms with van der Waals surface area (Å²) in [4.78, 5) is 0. The van der Waals surface area contributed by atoms with Crippen LogP contribution in [0.2, 0.25) is 0 Å². The Morgan fingerprint density at radius 2 is 1.26 bits per heavy atom. The summed E-state index contributed by atoms with van der Waals surface area (Å²) in [6, 6.07) is 14.1. The van der Waals surface area contributed by atoms with Gasteiger partial charge in [-0.15, -0.1) is 0 Å². The fourth-order valence-electron chi connectivity index (χ4n) is 2.22. The molecule has 0 spiro atoms. The highest BCUT2D eigenvalue weighted by atomic mass is 32.3. The number of hydrogen-bond acceptors (Lipinski definition) is 7. The summed E-state index contributed by atoms with van der Waals surface area (Å²) in [6.45, 7) is 2.22. The van der Waals surface area contributed by atoms with Crippen LogP contribution in [-0.4, -0.2) is 65.8 Å². The molecule has 27 heavy (non-hydrogen) atoms.